The molecule has 108 valence electrons. The first-order valence-corrected chi connectivity index (χ1v) is 8.72. The number of rotatable bonds is 4. The van der Waals surface area contributed by atoms with E-state index in [-0.39, 0.29) is 0 Å². The van der Waals surface area contributed by atoms with E-state index in [1.807, 2.05) is 0 Å². The zero-order chi connectivity index (χ0) is 13.9. The van der Waals surface area contributed by atoms with E-state index in [1.54, 1.807) is 22.7 Å². The molecule has 0 saturated carbocycles. The van der Waals surface area contributed by atoms with Gasteiger partial charge in [0.05, 0.1) is 21.4 Å². The zero-order valence-corrected chi connectivity index (χ0v) is 13.6. The number of aromatic nitrogens is 2. The van der Waals surface area contributed by atoms with Crippen molar-refractivity contribution in [3.63, 3.8) is 0 Å². The van der Waals surface area contributed by atoms with Gasteiger partial charge in [-0.3, -0.25) is 9.80 Å². The van der Waals surface area contributed by atoms with E-state index in [1.165, 1.54) is 11.4 Å². The summed E-state index contributed by atoms with van der Waals surface area (Å²) in [7, 11) is 0. The Kier molecular flexibility index (Phi) is 4.45. The van der Waals surface area contributed by atoms with Gasteiger partial charge in [-0.1, -0.05) is 0 Å². The largest absolute Gasteiger partial charge is 0.295 e. The van der Waals surface area contributed by atoms with Crippen molar-refractivity contribution in [3.05, 3.63) is 32.2 Å². The molecule has 0 unspecified atom stereocenters. The standard InChI is InChI=1S/C14H20N4S2/c1-11-15-13(9-19-11)7-17-3-5-18(6-4-17)8-14-10-20-12(2)16-14/h9-10H,3-8H2,1-2H3. The minimum atomic E-state index is 0.994. The molecule has 2 aromatic heterocycles. The second-order valence-electron chi connectivity index (χ2n) is 5.27. The van der Waals surface area contributed by atoms with Gasteiger partial charge in [0, 0.05) is 50.0 Å². The Bertz CT molecular complexity index is 505. The third kappa shape index (κ3) is 3.63. The fraction of sp³-hybridized carbons (Fsp3) is 0.571. The number of thiazole rings is 2. The summed E-state index contributed by atoms with van der Waals surface area (Å²) in [5.74, 6) is 0. The SMILES string of the molecule is Cc1nc(CN2CCN(Cc3csc(C)n3)CC2)cs1. The van der Waals surface area contributed by atoms with Crippen molar-refractivity contribution in [3.8, 4) is 0 Å². The molecule has 0 amide bonds. The van der Waals surface area contributed by atoms with Crippen LogP contribution in [0.2, 0.25) is 0 Å². The predicted molar refractivity (Wildman–Crippen MR) is 84.3 cm³/mol. The normalized spacial score (nSPS) is 17.7. The van der Waals surface area contributed by atoms with E-state index >= 15 is 0 Å². The molecule has 1 aliphatic rings. The molecule has 0 aliphatic carbocycles. The van der Waals surface area contributed by atoms with Gasteiger partial charge in [-0.2, -0.15) is 0 Å². The summed E-state index contributed by atoms with van der Waals surface area (Å²) in [6.45, 7) is 10.6. The van der Waals surface area contributed by atoms with Crippen LogP contribution >= 0.6 is 22.7 Å². The Morgan fingerprint density at radius 3 is 1.55 bits per heavy atom. The highest BCUT2D eigenvalue weighted by molar-refractivity contribution is 7.09. The van der Waals surface area contributed by atoms with Crippen LogP contribution in [0.5, 0.6) is 0 Å². The van der Waals surface area contributed by atoms with Gasteiger partial charge in [-0.25, -0.2) is 9.97 Å². The average molecular weight is 308 g/mol. The molecular formula is C14H20N4S2. The number of piperazine rings is 1. The quantitative estimate of drug-likeness (QED) is 0.869. The van der Waals surface area contributed by atoms with E-state index in [4.69, 9.17) is 0 Å². The maximum absolute atomic E-state index is 4.55. The fourth-order valence-electron chi connectivity index (χ4n) is 2.53. The molecule has 3 heterocycles. The summed E-state index contributed by atoms with van der Waals surface area (Å²) < 4.78 is 0. The van der Waals surface area contributed by atoms with Crippen LogP contribution in [-0.2, 0) is 13.1 Å². The second-order valence-corrected chi connectivity index (χ2v) is 7.39. The Morgan fingerprint density at radius 2 is 1.25 bits per heavy atom. The molecule has 0 spiro atoms. The van der Waals surface area contributed by atoms with Crippen LogP contribution in [0.4, 0.5) is 0 Å². The van der Waals surface area contributed by atoms with Gasteiger partial charge in [0.1, 0.15) is 0 Å². The predicted octanol–water partition coefficient (Wildman–Crippen LogP) is 2.53. The van der Waals surface area contributed by atoms with E-state index in [0.717, 1.165) is 49.3 Å². The maximum Gasteiger partial charge on any atom is 0.0897 e. The topological polar surface area (TPSA) is 32.3 Å². The molecule has 4 nitrogen and oxygen atoms in total. The Balaban J connectivity index is 1.47. The fourth-order valence-corrected chi connectivity index (χ4v) is 3.73. The molecule has 0 radical (unpaired) electrons. The first-order valence-electron chi connectivity index (χ1n) is 6.96. The third-order valence-electron chi connectivity index (χ3n) is 3.57. The molecule has 1 aliphatic heterocycles. The average Bonchev–Trinajstić information content (AvgIpc) is 3.01. The minimum absolute atomic E-state index is 0.994. The summed E-state index contributed by atoms with van der Waals surface area (Å²) in [6, 6.07) is 0. The van der Waals surface area contributed by atoms with Gasteiger partial charge in [0.25, 0.3) is 0 Å². The van der Waals surface area contributed by atoms with Crippen LogP contribution in [0.3, 0.4) is 0 Å². The lowest BCUT2D eigenvalue weighted by Crippen LogP contribution is -2.45. The highest BCUT2D eigenvalue weighted by Crippen LogP contribution is 2.14. The summed E-state index contributed by atoms with van der Waals surface area (Å²) in [4.78, 5) is 14.1. The van der Waals surface area contributed by atoms with Gasteiger partial charge in [-0.05, 0) is 13.8 Å². The summed E-state index contributed by atoms with van der Waals surface area (Å²) in [6.07, 6.45) is 0. The number of hydrogen-bond donors (Lipinski definition) is 0. The van der Waals surface area contributed by atoms with Crippen LogP contribution in [0.25, 0.3) is 0 Å². The first kappa shape index (κ1) is 14.1. The molecule has 1 saturated heterocycles. The van der Waals surface area contributed by atoms with Gasteiger partial charge in [0.2, 0.25) is 0 Å². The van der Waals surface area contributed by atoms with Crippen molar-refractivity contribution < 1.29 is 0 Å². The Hall–Kier alpha value is -0.820. The lowest BCUT2D eigenvalue weighted by Gasteiger charge is -2.33. The van der Waals surface area contributed by atoms with E-state index in [9.17, 15) is 0 Å². The molecule has 20 heavy (non-hydrogen) atoms. The molecule has 3 rings (SSSR count). The van der Waals surface area contributed by atoms with Gasteiger partial charge < -0.3 is 0 Å². The van der Waals surface area contributed by atoms with Gasteiger partial charge in [0.15, 0.2) is 0 Å². The molecule has 0 bridgehead atoms. The first-order chi connectivity index (χ1) is 9.69. The van der Waals surface area contributed by atoms with Gasteiger partial charge in [-0.15, -0.1) is 22.7 Å². The number of hydrogen-bond acceptors (Lipinski definition) is 6. The molecule has 6 heteroatoms. The third-order valence-corrected chi connectivity index (χ3v) is 5.21. The van der Waals surface area contributed by atoms with Crippen LogP contribution < -0.4 is 0 Å². The van der Waals surface area contributed by atoms with Crippen molar-refractivity contribution in [2.24, 2.45) is 0 Å². The molecule has 0 atom stereocenters. The lowest BCUT2D eigenvalue weighted by molar-refractivity contribution is 0.120. The van der Waals surface area contributed by atoms with E-state index in [2.05, 4.69) is 44.4 Å². The van der Waals surface area contributed by atoms with Crippen LogP contribution in [-0.4, -0.2) is 45.9 Å². The smallest absolute Gasteiger partial charge is 0.0897 e. The monoisotopic (exact) mass is 308 g/mol. The molecule has 0 aromatic carbocycles. The van der Waals surface area contributed by atoms with Crippen molar-refractivity contribution in [1.29, 1.82) is 0 Å². The Labute approximate surface area is 128 Å². The van der Waals surface area contributed by atoms with Crippen LogP contribution in [0.15, 0.2) is 10.8 Å². The number of aryl methyl sites for hydroxylation is 2. The van der Waals surface area contributed by atoms with E-state index in [0.29, 0.717) is 0 Å². The molecule has 2 aromatic rings. The second kappa shape index (κ2) is 6.30. The van der Waals surface area contributed by atoms with Crippen LogP contribution in [0, 0.1) is 13.8 Å². The molecular weight excluding hydrogens is 288 g/mol. The Morgan fingerprint density at radius 1 is 0.850 bits per heavy atom. The zero-order valence-electron chi connectivity index (χ0n) is 12.0. The van der Waals surface area contributed by atoms with Crippen molar-refractivity contribution in [1.82, 2.24) is 19.8 Å². The summed E-state index contributed by atoms with van der Waals surface area (Å²) in [5, 5.41) is 6.69. The molecule has 0 N–H and O–H groups in total. The van der Waals surface area contributed by atoms with Gasteiger partial charge >= 0.3 is 0 Å². The van der Waals surface area contributed by atoms with Crippen molar-refractivity contribution in [2.75, 3.05) is 26.2 Å². The highest BCUT2D eigenvalue weighted by Gasteiger charge is 2.18. The lowest BCUT2D eigenvalue weighted by atomic mass is 10.3. The van der Waals surface area contributed by atoms with Crippen molar-refractivity contribution in [2.45, 2.75) is 26.9 Å². The summed E-state index contributed by atoms with van der Waals surface area (Å²) in [5.41, 5.74) is 2.44. The maximum atomic E-state index is 4.55. The minimum Gasteiger partial charge on any atom is -0.295 e. The molecule has 1 fully saturated rings. The summed E-state index contributed by atoms with van der Waals surface area (Å²) >= 11 is 3.48. The van der Waals surface area contributed by atoms with Crippen LogP contribution in [0.1, 0.15) is 21.4 Å². The highest BCUT2D eigenvalue weighted by atomic mass is 32.1. The number of nitrogens with zero attached hydrogens (tertiary/aromatic N) is 4. The van der Waals surface area contributed by atoms with E-state index < -0.39 is 0 Å². The van der Waals surface area contributed by atoms with Crippen molar-refractivity contribution >= 4 is 22.7 Å².